The average molecular weight is 1200 g/mol. The fraction of sp³-hybridized carbons (Fsp3) is 0.380. The molecule has 89 heavy (non-hydrogen) atoms. The van der Waals surface area contributed by atoms with Crippen molar-refractivity contribution in [2.75, 3.05) is 14.2 Å². The first-order valence-electron chi connectivity index (χ1n) is 31.1. The van der Waals surface area contributed by atoms with Crippen molar-refractivity contribution in [1.82, 2.24) is 28.7 Å². The zero-order chi connectivity index (χ0) is 60.0. The van der Waals surface area contributed by atoms with Gasteiger partial charge in [-0.25, -0.2) is 14.4 Å². The number of rotatable bonds is 6. The Morgan fingerprint density at radius 3 is 1.27 bits per heavy atom. The number of carbonyl (C=O) groups is 3. The van der Waals surface area contributed by atoms with Crippen molar-refractivity contribution < 1.29 is 73.7 Å². The molecule has 3 saturated carbocycles. The minimum absolute atomic E-state index is 0. The molecule has 456 valence electrons. The van der Waals surface area contributed by atoms with Crippen LogP contribution in [0.1, 0.15) is 191 Å². The quantitative estimate of drug-likeness (QED) is 0.0767. The van der Waals surface area contributed by atoms with Crippen LogP contribution >= 0.6 is 0 Å². The number of aliphatic hydroxyl groups excluding tert-OH is 4. The topological polar surface area (TPSA) is 254 Å². The summed E-state index contributed by atoms with van der Waals surface area (Å²) < 4.78 is 16.3. The molecule has 9 aromatic rings. The maximum atomic E-state index is 12.2. The normalized spacial score (nSPS) is 19.7. The molecule has 0 spiro atoms. The summed E-state index contributed by atoms with van der Waals surface area (Å²) in [6.45, 7) is 1.21. The second-order valence-corrected chi connectivity index (χ2v) is 24.3. The Kier molecular flexibility index (Phi) is 18.9. The summed E-state index contributed by atoms with van der Waals surface area (Å²) in [5.74, 6) is -0.313. The second-order valence-electron chi connectivity index (χ2n) is 24.3. The van der Waals surface area contributed by atoms with Gasteiger partial charge in [-0.05, 0) is 152 Å². The van der Waals surface area contributed by atoms with Gasteiger partial charge in [0.25, 0.3) is 0 Å². The van der Waals surface area contributed by atoms with Crippen LogP contribution in [0.5, 0.6) is 0 Å². The van der Waals surface area contributed by atoms with Crippen molar-refractivity contribution in [3.8, 4) is 33.8 Å². The van der Waals surface area contributed by atoms with Gasteiger partial charge in [0, 0.05) is 74.5 Å². The maximum absolute atomic E-state index is 12.2. The van der Waals surface area contributed by atoms with Crippen molar-refractivity contribution in [1.29, 1.82) is 0 Å². The number of methoxy groups -OCH3 is 2. The summed E-state index contributed by atoms with van der Waals surface area (Å²) in [7, 11) is 2.81. The number of hydrogen-bond acceptors (Lipinski definition) is 13. The van der Waals surface area contributed by atoms with E-state index in [1.54, 1.807) is 24.5 Å². The van der Waals surface area contributed by atoms with Crippen LogP contribution in [0, 0.1) is 0 Å². The number of carbonyl (C=O) groups excluding carboxylic acids is 2. The molecule has 3 aromatic carbocycles. The fourth-order valence-electron chi connectivity index (χ4n) is 15.3. The van der Waals surface area contributed by atoms with Crippen LogP contribution in [0.2, 0.25) is 0 Å². The van der Waals surface area contributed by atoms with E-state index in [0.29, 0.717) is 40.3 Å². The number of aliphatic hydroxyl groups is 4. The number of benzene rings is 3. The molecule has 15 rings (SSSR count). The van der Waals surface area contributed by atoms with Crippen molar-refractivity contribution in [2.45, 2.75) is 158 Å². The van der Waals surface area contributed by atoms with E-state index in [1.807, 2.05) is 77.5 Å². The van der Waals surface area contributed by atoms with Gasteiger partial charge in [0.2, 0.25) is 0 Å². The van der Waals surface area contributed by atoms with E-state index in [0.717, 1.165) is 87.8 Å². The minimum atomic E-state index is -1.08. The molecule has 0 radical (unpaired) electrons. The van der Waals surface area contributed by atoms with E-state index in [-0.39, 0.29) is 54.9 Å². The molecular weight excluding hydrogens is 1120 g/mol. The van der Waals surface area contributed by atoms with Crippen LogP contribution in [0.3, 0.4) is 0 Å². The molecular formula is C71H75LiN6O11. The molecule has 6 aliphatic rings. The summed E-state index contributed by atoms with van der Waals surface area (Å²) in [6.07, 6.45) is 23.3. The molecule has 17 nitrogen and oxygen atoms in total. The number of aromatic nitrogens is 6. The first-order valence-corrected chi connectivity index (χ1v) is 31.1. The summed E-state index contributed by atoms with van der Waals surface area (Å²) in [5.41, 5.74) is 16.1. The number of aromatic carboxylic acids is 1. The minimum Gasteiger partial charge on any atom is -0.870 e. The van der Waals surface area contributed by atoms with Crippen LogP contribution in [0.15, 0.2) is 116 Å². The molecule has 0 saturated heterocycles. The summed E-state index contributed by atoms with van der Waals surface area (Å²) >= 11 is 0. The van der Waals surface area contributed by atoms with Crippen molar-refractivity contribution in [3.63, 3.8) is 0 Å². The van der Waals surface area contributed by atoms with E-state index in [4.69, 9.17) is 9.47 Å². The Bertz CT molecular complexity index is 4150. The van der Waals surface area contributed by atoms with Gasteiger partial charge in [-0.3, -0.25) is 15.0 Å². The number of allylic oxidation sites excluding steroid dienone is 1. The van der Waals surface area contributed by atoms with Crippen LogP contribution in [0.4, 0.5) is 0 Å². The Labute approximate surface area is 528 Å². The average Bonchev–Trinajstić information content (AvgIpc) is 1.63. The smallest absolute Gasteiger partial charge is 0.870 e. The Morgan fingerprint density at radius 1 is 0.483 bits per heavy atom. The molecule has 3 aliphatic heterocycles. The van der Waals surface area contributed by atoms with Gasteiger partial charge in [-0.15, -0.1) is 0 Å². The van der Waals surface area contributed by atoms with Gasteiger partial charge in [-0.2, -0.15) is 0 Å². The van der Waals surface area contributed by atoms with Gasteiger partial charge in [0.1, 0.15) is 24.4 Å². The van der Waals surface area contributed by atoms with Gasteiger partial charge < -0.3 is 54.2 Å². The maximum Gasteiger partial charge on any atom is 1.00 e. The number of nitrogens with zero attached hydrogens (tertiary/aromatic N) is 6. The fourth-order valence-corrected chi connectivity index (χ4v) is 15.3. The molecule has 6 aromatic heterocycles. The zero-order valence-corrected chi connectivity index (χ0v) is 50.7. The summed E-state index contributed by atoms with van der Waals surface area (Å²) in [5, 5.41) is 55.8. The summed E-state index contributed by atoms with van der Waals surface area (Å²) in [6, 6.07) is 28.8. The number of pyridine rings is 3. The van der Waals surface area contributed by atoms with Crippen molar-refractivity contribution in [2.24, 2.45) is 0 Å². The molecule has 6 N–H and O–H groups in total. The van der Waals surface area contributed by atoms with Crippen LogP contribution in [-0.2, 0) is 29.1 Å². The second kappa shape index (κ2) is 26.8. The number of hydrogen-bond donors (Lipinski definition) is 5. The van der Waals surface area contributed by atoms with E-state index < -0.39 is 30.4 Å². The monoisotopic (exact) mass is 1190 g/mol. The van der Waals surface area contributed by atoms with E-state index in [1.165, 1.54) is 118 Å². The van der Waals surface area contributed by atoms with Crippen LogP contribution in [-0.4, -0.2) is 104 Å². The molecule has 3 aliphatic carbocycles. The first-order chi connectivity index (χ1) is 42.4. The predicted molar refractivity (Wildman–Crippen MR) is 336 cm³/mol. The number of fused-ring (bicyclic) bond motifs is 15. The number of carboxylic acid groups (broad SMARTS) is 1. The van der Waals surface area contributed by atoms with Crippen LogP contribution in [0.25, 0.3) is 72.6 Å². The molecule has 4 atom stereocenters. The van der Waals surface area contributed by atoms with Crippen LogP contribution < -0.4 is 18.9 Å². The number of carboxylic acids is 1. The number of ether oxygens (including phenoxy) is 2. The SMILES string of the molecule is COC(=O)c1ccc2c(C3CCCCC3)c3n(c2c1)CC=Cc1ncccc1-3.COC(=O)c1ccc2c(C3CCCCC3)c3n(c2c1)C[C@@H](O)[C@@H](O)c1ncccc1-3.O=C(O)c1ccc2c(C3CCCCC3)c3n(c2c1)C[C@@H](O)[C@@H](O)c1ncccc1-3.[Li+].[OH-]. The third-order valence-electron chi connectivity index (χ3n) is 19.3. The third-order valence-corrected chi connectivity index (χ3v) is 19.3. The Morgan fingerprint density at radius 2 is 0.854 bits per heavy atom. The molecule has 0 amide bonds. The third kappa shape index (κ3) is 11.6. The van der Waals surface area contributed by atoms with Gasteiger partial charge in [-0.1, -0.05) is 82.1 Å². The van der Waals surface area contributed by atoms with E-state index in [2.05, 4.69) is 48.4 Å². The van der Waals surface area contributed by atoms with Crippen molar-refractivity contribution in [3.05, 3.63) is 166 Å². The molecule has 18 heteroatoms. The Balaban J connectivity index is 0.000000136. The molecule has 3 fully saturated rings. The zero-order valence-electron chi connectivity index (χ0n) is 50.7. The van der Waals surface area contributed by atoms with E-state index >= 15 is 0 Å². The summed E-state index contributed by atoms with van der Waals surface area (Å²) in [4.78, 5) is 49.4. The van der Waals surface area contributed by atoms with Gasteiger partial charge in [0.15, 0.2) is 0 Å². The number of esters is 2. The van der Waals surface area contributed by atoms with Gasteiger partial charge in [0.05, 0.1) is 78.2 Å². The molecule has 0 bridgehead atoms. The molecule has 9 heterocycles. The first kappa shape index (κ1) is 62.9. The predicted octanol–water partition coefficient (Wildman–Crippen LogP) is 10.2. The standard InChI is InChI=1S/C24H26N2O4.C24H24N2O2.C23H24N2O4.Li.H2O/c1-30-24(29)15-9-10-16-18(12-15)26-13-19(27)23(28)21-17(8-5-11-25-21)22(26)20(16)14-6-3-2-4-7-14;1-28-24(27)17-11-12-19-21(15-17)26-14-6-10-20-18(9-5-13-25-20)23(26)22(19)16-7-3-2-4-8-16;26-18-12-25-17-11-14(23(28)29)8-9-15(17)19(13-5-2-1-3-6-13)21(25)16-7-4-10-24-20(16)22(18)27;;/h5,8-12,14,19,23,27-28H,2-4,6-7,13H2,1H3;5-6,9-13,15-16H,2-4,7-8,14H2,1H3;4,7-11,13,18,22,26-27H,1-3,5-6,12H2,(H,28,29);;1H2/q;;;+1;/p-1/t19-,23-;;18-,22-;;/m1.1../s1. The molecule has 0 unspecified atom stereocenters. The van der Waals surface area contributed by atoms with E-state index in [9.17, 15) is 39.9 Å². The largest absolute Gasteiger partial charge is 1.00 e. The van der Waals surface area contributed by atoms with Crippen molar-refractivity contribution >= 4 is 56.7 Å². The Hall–Kier alpha value is -7.72. The van der Waals surface area contributed by atoms with Gasteiger partial charge >= 0.3 is 36.8 Å².